The van der Waals surface area contributed by atoms with Crippen LogP contribution in [0.5, 0.6) is 0 Å². The highest BCUT2D eigenvalue weighted by atomic mass is 16.5. The molecule has 0 radical (unpaired) electrons. The molecule has 1 aliphatic rings. The molecule has 1 heterocycles. The number of hydrogen-bond acceptors (Lipinski definition) is 3. The molecule has 1 saturated heterocycles. The minimum Gasteiger partial charge on any atom is -0.480 e. The summed E-state index contributed by atoms with van der Waals surface area (Å²) in [6.07, 6.45) is 2.72. The molecule has 0 spiro atoms. The van der Waals surface area contributed by atoms with Gasteiger partial charge in [-0.2, -0.15) is 0 Å². The number of carboxylic acids is 1. The Morgan fingerprint density at radius 1 is 1.67 bits per heavy atom. The molecule has 1 N–H and O–H groups in total. The molecule has 1 aliphatic heterocycles. The maximum atomic E-state index is 11.1. The van der Waals surface area contributed by atoms with E-state index in [4.69, 9.17) is 9.84 Å². The third kappa shape index (κ3) is 3.47. The van der Waals surface area contributed by atoms with E-state index in [-0.39, 0.29) is 6.04 Å². The van der Waals surface area contributed by atoms with Gasteiger partial charge in [0.15, 0.2) is 0 Å². The molecule has 0 bridgehead atoms. The SMILES string of the molecule is CCCC(C(=O)O)N1CCC(COC)C1. The van der Waals surface area contributed by atoms with Crippen molar-refractivity contribution in [2.75, 3.05) is 26.8 Å². The molecule has 2 atom stereocenters. The maximum absolute atomic E-state index is 11.1. The quantitative estimate of drug-likeness (QED) is 0.723. The Labute approximate surface area is 91.2 Å². The first kappa shape index (κ1) is 12.5. The number of ether oxygens (including phenoxy) is 1. The molecule has 1 rings (SSSR count). The van der Waals surface area contributed by atoms with Gasteiger partial charge in [-0.15, -0.1) is 0 Å². The van der Waals surface area contributed by atoms with Crippen LogP contribution in [0, 0.1) is 5.92 Å². The van der Waals surface area contributed by atoms with Crippen LogP contribution in [0.4, 0.5) is 0 Å². The number of carbonyl (C=O) groups is 1. The first-order chi connectivity index (χ1) is 7.19. The second kappa shape index (κ2) is 6.08. The van der Waals surface area contributed by atoms with Gasteiger partial charge in [-0.3, -0.25) is 9.69 Å². The number of methoxy groups -OCH3 is 1. The Morgan fingerprint density at radius 2 is 2.40 bits per heavy atom. The molecule has 1 fully saturated rings. The molecule has 0 aromatic carbocycles. The Balaban J connectivity index is 2.45. The number of nitrogens with zero attached hydrogens (tertiary/aromatic N) is 1. The number of aliphatic carboxylic acids is 1. The topological polar surface area (TPSA) is 49.8 Å². The van der Waals surface area contributed by atoms with Crippen LogP contribution < -0.4 is 0 Å². The van der Waals surface area contributed by atoms with Gasteiger partial charge in [-0.25, -0.2) is 0 Å². The maximum Gasteiger partial charge on any atom is 0.320 e. The van der Waals surface area contributed by atoms with Gasteiger partial charge in [0, 0.05) is 13.7 Å². The first-order valence-electron chi connectivity index (χ1n) is 5.64. The Bertz CT molecular complexity index is 208. The van der Waals surface area contributed by atoms with Gasteiger partial charge >= 0.3 is 5.97 Å². The normalized spacial score (nSPS) is 24.3. The zero-order chi connectivity index (χ0) is 11.3. The molecule has 4 heteroatoms. The van der Waals surface area contributed by atoms with Crippen molar-refractivity contribution < 1.29 is 14.6 Å². The Hall–Kier alpha value is -0.610. The second-order valence-corrected chi connectivity index (χ2v) is 4.25. The third-order valence-electron chi connectivity index (χ3n) is 3.01. The van der Waals surface area contributed by atoms with Gasteiger partial charge in [0.25, 0.3) is 0 Å². The van der Waals surface area contributed by atoms with Gasteiger partial charge in [0.2, 0.25) is 0 Å². The lowest BCUT2D eigenvalue weighted by Crippen LogP contribution is -2.39. The molecular weight excluding hydrogens is 194 g/mol. The summed E-state index contributed by atoms with van der Waals surface area (Å²) in [5.74, 6) is -0.177. The van der Waals surface area contributed by atoms with Crippen molar-refractivity contribution in [1.29, 1.82) is 0 Å². The summed E-state index contributed by atoms with van der Waals surface area (Å²) >= 11 is 0. The monoisotopic (exact) mass is 215 g/mol. The predicted molar refractivity (Wildman–Crippen MR) is 57.9 cm³/mol. The van der Waals surface area contributed by atoms with Crippen LogP contribution >= 0.6 is 0 Å². The van der Waals surface area contributed by atoms with Gasteiger partial charge in [0.1, 0.15) is 6.04 Å². The average Bonchev–Trinajstić information content (AvgIpc) is 2.62. The smallest absolute Gasteiger partial charge is 0.320 e. The minimum absolute atomic E-state index is 0.295. The number of hydrogen-bond donors (Lipinski definition) is 1. The van der Waals surface area contributed by atoms with Crippen molar-refractivity contribution in [2.24, 2.45) is 5.92 Å². The van der Waals surface area contributed by atoms with E-state index in [0.717, 1.165) is 39.0 Å². The number of rotatable bonds is 6. The molecule has 15 heavy (non-hydrogen) atoms. The summed E-state index contributed by atoms with van der Waals surface area (Å²) in [4.78, 5) is 13.1. The lowest BCUT2D eigenvalue weighted by Gasteiger charge is -2.23. The van der Waals surface area contributed by atoms with Crippen molar-refractivity contribution in [1.82, 2.24) is 4.90 Å². The summed E-state index contributed by atoms with van der Waals surface area (Å²) in [5.41, 5.74) is 0. The van der Waals surface area contributed by atoms with E-state index in [1.165, 1.54) is 0 Å². The fourth-order valence-corrected chi connectivity index (χ4v) is 2.25. The molecule has 0 aromatic rings. The summed E-state index contributed by atoms with van der Waals surface area (Å²) in [6.45, 7) is 4.53. The van der Waals surface area contributed by atoms with E-state index in [9.17, 15) is 4.79 Å². The van der Waals surface area contributed by atoms with Crippen LogP contribution in [-0.4, -0.2) is 48.8 Å². The van der Waals surface area contributed by atoms with Crippen LogP contribution in [-0.2, 0) is 9.53 Å². The fourth-order valence-electron chi connectivity index (χ4n) is 2.25. The minimum atomic E-state index is -0.685. The van der Waals surface area contributed by atoms with Crippen LogP contribution in [0.2, 0.25) is 0 Å². The zero-order valence-electron chi connectivity index (χ0n) is 9.61. The standard InChI is InChI=1S/C11H21NO3/c1-3-4-10(11(13)14)12-6-5-9(7-12)8-15-2/h9-10H,3-8H2,1-2H3,(H,13,14). The molecule has 0 saturated carbocycles. The molecule has 2 unspecified atom stereocenters. The van der Waals surface area contributed by atoms with Crippen molar-refractivity contribution in [2.45, 2.75) is 32.2 Å². The van der Waals surface area contributed by atoms with Crippen molar-refractivity contribution in [3.8, 4) is 0 Å². The summed E-state index contributed by atoms with van der Waals surface area (Å²) in [6, 6.07) is -0.295. The summed E-state index contributed by atoms with van der Waals surface area (Å²) < 4.78 is 5.10. The molecule has 0 aliphatic carbocycles. The van der Waals surface area contributed by atoms with Gasteiger partial charge in [0.05, 0.1) is 6.61 Å². The molecule has 0 aromatic heterocycles. The van der Waals surface area contributed by atoms with Gasteiger partial charge in [-0.05, 0) is 25.3 Å². The predicted octanol–water partition coefficient (Wildman–Crippen LogP) is 1.21. The van der Waals surface area contributed by atoms with E-state index >= 15 is 0 Å². The van der Waals surface area contributed by atoms with Crippen molar-refractivity contribution in [3.05, 3.63) is 0 Å². The van der Waals surface area contributed by atoms with E-state index in [1.54, 1.807) is 7.11 Å². The van der Waals surface area contributed by atoms with Crippen molar-refractivity contribution >= 4 is 5.97 Å². The van der Waals surface area contributed by atoms with Crippen LogP contribution in [0.15, 0.2) is 0 Å². The largest absolute Gasteiger partial charge is 0.480 e. The fraction of sp³-hybridized carbons (Fsp3) is 0.909. The van der Waals surface area contributed by atoms with Gasteiger partial charge in [-0.1, -0.05) is 13.3 Å². The van der Waals surface area contributed by atoms with Crippen molar-refractivity contribution in [3.63, 3.8) is 0 Å². The molecule has 4 nitrogen and oxygen atoms in total. The lowest BCUT2D eigenvalue weighted by molar-refractivity contribution is -0.143. The average molecular weight is 215 g/mol. The zero-order valence-corrected chi connectivity index (χ0v) is 9.61. The highest BCUT2D eigenvalue weighted by Gasteiger charge is 2.31. The Morgan fingerprint density at radius 3 is 2.93 bits per heavy atom. The van der Waals surface area contributed by atoms with Crippen LogP contribution in [0.3, 0.4) is 0 Å². The number of carboxylic acid groups (broad SMARTS) is 1. The summed E-state index contributed by atoms with van der Waals surface area (Å²) in [7, 11) is 1.70. The first-order valence-corrected chi connectivity index (χ1v) is 5.64. The third-order valence-corrected chi connectivity index (χ3v) is 3.01. The summed E-state index contributed by atoms with van der Waals surface area (Å²) in [5, 5.41) is 9.11. The van der Waals surface area contributed by atoms with Crippen LogP contribution in [0.1, 0.15) is 26.2 Å². The van der Waals surface area contributed by atoms with Crippen LogP contribution in [0.25, 0.3) is 0 Å². The Kier molecular flexibility index (Phi) is 5.05. The number of likely N-dealkylation sites (tertiary alicyclic amines) is 1. The highest BCUT2D eigenvalue weighted by molar-refractivity contribution is 5.73. The lowest BCUT2D eigenvalue weighted by atomic mass is 10.1. The molecular formula is C11H21NO3. The highest BCUT2D eigenvalue weighted by Crippen LogP contribution is 2.21. The molecule has 0 amide bonds. The van der Waals surface area contributed by atoms with E-state index in [2.05, 4.69) is 4.90 Å². The second-order valence-electron chi connectivity index (χ2n) is 4.25. The van der Waals surface area contributed by atoms with E-state index in [1.807, 2.05) is 6.92 Å². The molecule has 88 valence electrons. The van der Waals surface area contributed by atoms with Gasteiger partial charge < -0.3 is 9.84 Å². The van der Waals surface area contributed by atoms with E-state index in [0.29, 0.717) is 5.92 Å². The van der Waals surface area contributed by atoms with E-state index < -0.39 is 5.97 Å².